The van der Waals surface area contributed by atoms with Gasteiger partial charge >= 0.3 is 0 Å². The maximum Gasteiger partial charge on any atom is 0.270 e. The van der Waals surface area contributed by atoms with Gasteiger partial charge in [-0.05, 0) is 52.0 Å². The number of aromatic nitrogens is 3. The second-order valence-corrected chi connectivity index (χ2v) is 10.7. The number of nitrogens with one attached hydrogen (secondary N) is 1. The molecule has 10 nitrogen and oxygen atoms in total. The lowest BCUT2D eigenvalue weighted by Gasteiger charge is -2.31. The largest absolute Gasteiger partial charge is 0.388 e. The van der Waals surface area contributed by atoms with E-state index in [-0.39, 0.29) is 11.6 Å². The van der Waals surface area contributed by atoms with Crippen LogP contribution in [-0.2, 0) is 10.0 Å². The molecular formula is C22H28N6O4S. The van der Waals surface area contributed by atoms with Gasteiger partial charge in [0.15, 0.2) is 0 Å². The summed E-state index contributed by atoms with van der Waals surface area (Å²) < 4.78 is 27.3. The van der Waals surface area contributed by atoms with Gasteiger partial charge in [-0.1, -0.05) is 6.08 Å². The molecule has 0 unspecified atom stereocenters. The van der Waals surface area contributed by atoms with E-state index in [2.05, 4.69) is 15.3 Å². The van der Waals surface area contributed by atoms with Crippen molar-refractivity contribution in [1.82, 2.24) is 18.8 Å². The quantitative estimate of drug-likeness (QED) is 0.672. The van der Waals surface area contributed by atoms with Crippen molar-refractivity contribution in [2.24, 2.45) is 0 Å². The molecule has 0 bridgehead atoms. The van der Waals surface area contributed by atoms with Crippen LogP contribution in [0.5, 0.6) is 0 Å². The summed E-state index contributed by atoms with van der Waals surface area (Å²) in [5, 5.41) is 25.3. The number of anilines is 1. The molecule has 0 radical (unpaired) electrons. The van der Waals surface area contributed by atoms with Crippen molar-refractivity contribution in [3.05, 3.63) is 39.7 Å². The number of fused-ring (bicyclic) bond motifs is 1. The molecule has 1 aliphatic carbocycles. The predicted molar refractivity (Wildman–Crippen MR) is 124 cm³/mol. The highest BCUT2D eigenvalue weighted by Gasteiger charge is 2.40. The van der Waals surface area contributed by atoms with Crippen molar-refractivity contribution < 1.29 is 13.5 Å². The van der Waals surface area contributed by atoms with Gasteiger partial charge in [-0.3, -0.25) is 9.36 Å². The minimum Gasteiger partial charge on any atom is -0.388 e. The Labute approximate surface area is 192 Å². The first-order chi connectivity index (χ1) is 15.7. The molecule has 1 saturated heterocycles. The van der Waals surface area contributed by atoms with E-state index in [1.54, 1.807) is 20.0 Å². The number of piperidine rings is 1. The van der Waals surface area contributed by atoms with E-state index in [1.165, 1.54) is 26.4 Å². The average molecular weight is 473 g/mol. The fourth-order valence-corrected chi connectivity index (χ4v) is 6.03. The molecule has 1 saturated carbocycles. The fraction of sp³-hybridized carbons (Fsp3) is 0.545. The minimum absolute atomic E-state index is 0.00998. The third-order valence-corrected chi connectivity index (χ3v) is 8.24. The third kappa shape index (κ3) is 4.51. The van der Waals surface area contributed by atoms with Crippen LogP contribution >= 0.6 is 0 Å². The first-order valence-electron chi connectivity index (χ1n) is 11.1. The summed E-state index contributed by atoms with van der Waals surface area (Å²) in [6, 6.07) is 2.91. The molecule has 3 heterocycles. The summed E-state index contributed by atoms with van der Waals surface area (Å²) in [4.78, 5) is 22.0. The summed E-state index contributed by atoms with van der Waals surface area (Å²) in [5.41, 5.74) is -1.18. The summed E-state index contributed by atoms with van der Waals surface area (Å²) in [6.07, 6.45) is 6.22. The van der Waals surface area contributed by atoms with Gasteiger partial charge in [-0.15, -0.1) is 0 Å². The van der Waals surface area contributed by atoms with E-state index in [9.17, 15) is 23.6 Å². The van der Waals surface area contributed by atoms with Crippen LogP contribution in [-0.4, -0.2) is 57.1 Å². The topological polar surface area (TPSA) is 141 Å². The van der Waals surface area contributed by atoms with Gasteiger partial charge in [0.25, 0.3) is 5.56 Å². The summed E-state index contributed by atoms with van der Waals surface area (Å²) in [5.74, 6) is 0.327. The van der Waals surface area contributed by atoms with Crippen molar-refractivity contribution >= 4 is 27.0 Å². The zero-order valence-corrected chi connectivity index (χ0v) is 19.5. The number of nitrogens with zero attached hydrogens (tertiary/aromatic N) is 5. The second-order valence-electron chi connectivity index (χ2n) is 8.91. The molecule has 33 heavy (non-hydrogen) atoms. The van der Waals surface area contributed by atoms with E-state index in [4.69, 9.17) is 0 Å². The fourth-order valence-electron chi connectivity index (χ4n) is 4.79. The van der Waals surface area contributed by atoms with E-state index in [1.807, 2.05) is 6.07 Å². The SMILES string of the molecule is C/C=C/S(=O)(=O)N1CCC(Nc2ncc3cc(C#N)c(=O)n([C@@H]4CCC[C@@]4(C)O)c3n2)CC1. The Hall–Kier alpha value is -2.81. The molecule has 0 aromatic carbocycles. The molecule has 2 aromatic rings. The number of hydrogen-bond donors (Lipinski definition) is 2. The van der Waals surface area contributed by atoms with Crippen LogP contribution in [0.2, 0.25) is 0 Å². The Morgan fingerprint density at radius 1 is 1.33 bits per heavy atom. The van der Waals surface area contributed by atoms with Crippen LogP contribution in [0.4, 0.5) is 5.95 Å². The Kier molecular flexibility index (Phi) is 6.26. The number of sulfonamides is 1. The highest BCUT2D eigenvalue weighted by atomic mass is 32.2. The molecule has 2 aliphatic rings. The molecule has 0 spiro atoms. The molecular weight excluding hydrogens is 444 g/mol. The lowest BCUT2D eigenvalue weighted by Crippen LogP contribution is -2.41. The molecule has 2 aromatic heterocycles. The van der Waals surface area contributed by atoms with Gasteiger partial charge in [0, 0.05) is 36.1 Å². The van der Waals surface area contributed by atoms with E-state index < -0.39 is 27.2 Å². The zero-order valence-electron chi connectivity index (χ0n) is 18.7. The Morgan fingerprint density at radius 3 is 2.67 bits per heavy atom. The van der Waals surface area contributed by atoms with Crippen molar-refractivity contribution in [2.45, 2.75) is 63.6 Å². The monoisotopic (exact) mass is 472 g/mol. The van der Waals surface area contributed by atoms with Crippen LogP contribution < -0.4 is 10.9 Å². The summed E-state index contributed by atoms with van der Waals surface area (Å²) in [6.45, 7) is 4.16. The Balaban J connectivity index is 1.63. The molecule has 2 fully saturated rings. The second kappa shape index (κ2) is 8.85. The average Bonchev–Trinajstić information content (AvgIpc) is 3.12. The highest BCUT2D eigenvalue weighted by Crippen LogP contribution is 2.39. The molecule has 2 atom stereocenters. The van der Waals surface area contributed by atoms with Gasteiger partial charge in [-0.2, -0.15) is 14.6 Å². The number of rotatable bonds is 5. The van der Waals surface area contributed by atoms with Gasteiger partial charge in [0.05, 0.1) is 11.6 Å². The van der Waals surface area contributed by atoms with Crippen LogP contribution in [0.3, 0.4) is 0 Å². The van der Waals surface area contributed by atoms with Gasteiger partial charge in [0.1, 0.15) is 17.3 Å². The van der Waals surface area contributed by atoms with Crippen molar-refractivity contribution in [1.29, 1.82) is 5.26 Å². The lowest BCUT2D eigenvalue weighted by atomic mass is 9.99. The normalized spacial score (nSPS) is 25.0. The summed E-state index contributed by atoms with van der Waals surface area (Å²) in [7, 11) is -3.39. The number of aliphatic hydroxyl groups is 1. The van der Waals surface area contributed by atoms with E-state index in [0.717, 1.165) is 6.42 Å². The Morgan fingerprint density at radius 2 is 2.06 bits per heavy atom. The zero-order chi connectivity index (χ0) is 23.8. The Bertz CT molecular complexity index is 1290. The lowest BCUT2D eigenvalue weighted by molar-refractivity contribution is 0.0266. The third-order valence-electron chi connectivity index (χ3n) is 6.54. The van der Waals surface area contributed by atoms with Crippen molar-refractivity contribution in [3.63, 3.8) is 0 Å². The van der Waals surface area contributed by atoms with E-state index in [0.29, 0.717) is 55.8 Å². The van der Waals surface area contributed by atoms with Crippen molar-refractivity contribution in [3.8, 4) is 6.07 Å². The summed E-state index contributed by atoms with van der Waals surface area (Å²) >= 11 is 0. The number of allylic oxidation sites excluding steroid dienone is 1. The first kappa shape index (κ1) is 23.4. The first-order valence-corrected chi connectivity index (χ1v) is 12.6. The van der Waals surface area contributed by atoms with Crippen LogP contribution in [0.25, 0.3) is 11.0 Å². The molecule has 176 valence electrons. The van der Waals surface area contributed by atoms with Crippen LogP contribution in [0.1, 0.15) is 57.6 Å². The molecule has 0 amide bonds. The maximum atomic E-state index is 13.1. The van der Waals surface area contributed by atoms with Gasteiger partial charge in [0.2, 0.25) is 16.0 Å². The number of pyridine rings is 1. The smallest absolute Gasteiger partial charge is 0.270 e. The predicted octanol–water partition coefficient (Wildman–Crippen LogP) is 1.88. The van der Waals surface area contributed by atoms with E-state index >= 15 is 0 Å². The molecule has 11 heteroatoms. The number of hydrogen-bond acceptors (Lipinski definition) is 8. The van der Waals surface area contributed by atoms with Crippen molar-refractivity contribution in [2.75, 3.05) is 18.4 Å². The van der Waals surface area contributed by atoms with Gasteiger partial charge < -0.3 is 10.4 Å². The number of nitriles is 1. The molecule has 4 rings (SSSR count). The minimum atomic E-state index is -3.39. The maximum absolute atomic E-state index is 13.1. The molecule has 2 N–H and O–H groups in total. The van der Waals surface area contributed by atoms with Gasteiger partial charge in [-0.25, -0.2) is 13.4 Å². The van der Waals surface area contributed by atoms with Crippen LogP contribution in [0, 0.1) is 11.3 Å². The molecule has 1 aliphatic heterocycles. The standard InChI is InChI=1S/C22H28N6O4S/c1-3-11-33(31,32)27-9-6-17(7-10-27)25-21-24-14-16-12-15(13-23)20(29)28(19(16)26-21)18-5-4-8-22(18,2)30/h3,11-12,14,17-18,30H,4-10H2,1-2H3,(H,24,25,26)/b11-3+/t18-,22-/m1/s1. The van der Waals surface area contributed by atoms with Crippen LogP contribution in [0.15, 0.2) is 28.5 Å². The highest BCUT2D eigenvalue weighted by molar-refractivity contribution is 7.92.